The summed E-state index contributed by atoms with van der Waals surface area (Å²) in [5, 5.41) is 0. The molecule has 3 heteroatoms. The van der Waals surface area contributed by atoms with Crippen LogP contribution < -0.4 is 4.74 Å². The predicted octanol–water partition coefficient (Wildman–Crippen LogP) is 3.46. The highest BCUT2D eigenvalue weighted by molar-refractivity contribution is 6.18. The molecule has 1 rings (SSSR count). The van der Waals surface area contributed by atoms with Crippen LogP contribution >= 0.6 is 11.6 Å². The molecular formula is C13H17ClO2. The first-order valence-electron chi connectivity index (χ1n) is 5.49. The first-order valence-corrected chi connectivity index (χ1v) is 6.02. The zero-order valence-electron chi connectivity index (χ0n) is 9.75. The second-order valence-corrected chi connectivity index (χ2v) is 3.98. The van der Waals surface area contributed by atoms with Gasteiger partial charge in [-0.3, -0.25) is 4.79 Å². The van der Waals surface area contributed by atoms with Crippen LogP contribution in [0.25, 0.3) is 0 Å². The second-order valence-electron chi connectivity index (χ2n) is 3.60. The number of ether oxygens (including phenoxy) is 1. The summed E-state index contributed by atoms with van der Waals surface area (Å²) in [7, 11) is 1.58. The van der Waals surface area contributed by atoms with Gasteiger partial charge in [0.25, 0.3) is 0 Å². The second kappa shape index (κ2) is 6.54. The molecule has 0 spiro atoms. The summed E-state index contributed by atoms with van der Waals surface area (Å²) < 4.78 is 5.19. The Morgan fingerprint density at radius 1 is 1.44 bits per heavy atom. The van der Waals surface area contributed by atoms with Gasteiger partial charge in [0.15, 0.2) is 5.78 Å². The minimum atomic E-state index is 0.104. The molecule has 0 aliphatic carbocycles. The molecule has 88 valence electrons. The average Bonchev–Trinajstić information content (AvgIpc) is 2.35. The fraction of sp³-hybridized carbons (Fsp3) is 0.462. The van der Waals surface area contributed by atoms with Gasteiger partial charge in [-0.05, 0) is 30.5 Å². The number of carbonyl (C=O) groups is 1. The number of carbonyl (C=O) groups excluding carboxylic acids is 1. The monoisotopic (exact) mass is 240 g/mol. The number of benzene rings is 1. The third-order valence-electron chi connectivity index (χ3n) is 2.51. The predicted molar refractivity (Wildman–Crippen MR) is 66.7 cm³/mol. The Balaban J connectivity index is 2.94. The summed E-state index contributed by atoms with van der Waals surface area (Å²) in [4.78, 5) is 11.9. The number of rotatable bonds is 6. The van der Waals surface area contributed by atoms with Gasteiger partial charge in [-0.1, -0.05) is 13.0 Å². The average molecular weight is 241 g/mol. The Bertz CT molecular complexity index is 361. The van der Waals surface area contributed by atoms with E-state index in [1.54, 1.807) is 7.11 Å². The van der Waals surface area contributed by atoms with Crippen molar-refractivity contribution in [1.29, 1.82) is 0 Å². The lowest BCUT2D eigenvalue weighted by atomic mass is 10.0. The van der Waals surface area contributed by atoms with Crippen molar-refractivity contribution in [2.45, 2.75) is 26.2 Å². The molecule has 2 nitrogen and oxygen atoms in total. The molecule has 1 aromatic carbocycles. The molecule has 0 bridgehead atoms. The summed E-state index contributed by atoms with van der Waals surface area (Å²) in [6.07, 6.45) is 2.10. The quantitative estimate of drug-likeness (QED) is 0.562. The van der Waals surface area contributed by atoms with Crippen LogP contribution in [0, 0.1) is 0 Å². The van der Waals surface area contributed by atoms with Gasteiger partial charge >= 0.3 is 0 Å². The van der Waals surface area contributed by atoms with E-state index in [1.165, 1.54) is 0 Å². The molecule has 0 saturated heterocycles. The Labute approximate surface area is 102 Å². The van der Waals surface area contributed by atoms with Gasteiger partial charge in [0, 0.05) is 12.3 Å². The summed E-state index contributed by atoms with van der Waals surface area (Å²) in [5.41, 5.74) is 1.82. The molecule has 0 heterocycles. The first-order chi connectivity index (χ1) is 7.72. The topological polar surface area (TPSA) is 26.3 Å². The van der Waals surface area contributed by atoms with E-state index in [9.17, 15) is 4.79 Å². The van der Waals surface area contributed by atoms with Crippen LogP contribution in [0.3, 0.4) is 0 Å². The number of Topliss-reactive ketones (excluding diaryl/α,β-unsaturated/α-hetero) is 1. The molecular weight excluding hydrogens is 224 g/mol. The summed E-state index contributed by atoms with van der Waals surface area (Å²) in [6, 6.07) is 5.75. The van der Waals surface area contributed by atoms with Crippen molar-refractivity contribution in [3.8, 4) is 5.75 Å². The largest absolute Gasteiger partial charge is 0.496 e. The molecule has 0 radical (unpaired) electrons. The maximum atomic E-state index is 11.9. The van der Waals surface area contributed by atoms with E-state index in [-0.39, 0.29) is 5.78 Å². The number of hydrogen-bond donors (Lipinski definition) is 0. The van der Waals surface area contributed by atoms with Gasteiger partial charge in [0.1, 0.15) is 5.75 Å². The molecule has 0 N–H and O–H groups in total. The third-order valence-corrected chi connectivity index (χ3v) is 2.78. The van der Waals surface area contributed by atoms with Crippen LogP contribution in [0.2, 0.25) is 0 Å². The molecule has 0 aliphatic rings. The maximum absolute atomic E-state index is 11.9. The lowest BCUT2D eigenvalue weighted by Crippen LogP contribution is -2.03. The highest BCUT2D eigenvalue weighted by Crippen LogP contribution is 2.22. The van der Waals surface area contributed by atoms with Gasteiger partial charge in [-0.15, -0.1) is 11.6 Å². The molecule has 0 unspecified atom stereocenters. The van der Waals surface area contributed by atoms with Crippen molar-refractivity contribution in [2.75, 3.05) is 13.0 Å². The number of halogens is 1. The number of alkyl halides is 1. The molecule has 0 saturated carbocycles. The minimum absolute atomic E-state index is 0.104. The van der Waals surface area contributed by atoms with Gasteiger partial charge in [0.2, 0.25) is 0 Å². The summed E-state index contributed by atoms with van der Waals surface area (Å²) in [6.45, 7) is 2.06. The molecule has 0 fully saturated rings. The molecule has 0 aromatic heterocycles. The fourth-order valence-electron chi connectivity index (χ4n) is 1.55. The van der Waals surface area contributed by atoms with E-state index in [0.29, 0.717) is 30.0 Å². The zero-order valence-corrected chi connectivity index (χ0v) is 10.5. The number of hydrogen-bond acceptors (Lipinski definition) is 2. The van der Waals surface area contributed by atoms with E-state index < -0.39 is 0 Å². The summed E-state index contributed by atoms with van der Waals surface area (Å²) in [5.74, 6) is 1.27. The Hall–Kier alpha value is -1.02. The third kappa shape index (κ3) is 3.24. The lowest BCUT2D eigenvalue weighted by molar-refractivity contribution is 0.0979. The molecule has 1 aromatic rings. The molecule has 0 atom stereocenters. The number of ketones is 1. The Kier molecular flexibility index (Phi) is 5.33. The molecule has 0 aliphatic heterocycles. The standard InChI is InChI=1S/C13H17ClO2/c1-3-10-6-7-13(16-2)11(9-10)12(15)5-4-8-14/h6-7,9H,3-5,8H2,1-2H3. The number of aryl methyl sites for hydroxylation is 1. The normalized spacial score (nSPS) is 10.2. The fourth-order valence-corrected chi connectivity index (χ4v) is 1.69. The van der Waals surface area contributed by atoms with Crippen LogP contribution in [0.1, 0.15) is 35.7 Å². The van der Waals surface area contributed by atoms with E-state index >= 15 is 0 Å². The zero-order chi connectivity index (χ0) is 12.0. The van der Waals surface area contributed by atoms with E-state index in [0.717, 1.165) is 12.0 Å². The first kappa shape index (κ1) is 13.0. The minimum Gasteiger partial charge on any atom is -0.496 e. The van der Waals surface area contributed by atoms with Crippen LogP contribution in [0.15, 0.2) is 18.2 Å². The van der Waals surface area contributed by atoms with Gasteiger partial charge in [-0.2, -0.15) is 0 Å². The van der Waals surface area contributed by atoms with Gasteiger partial charge in [0.05, 0.1) is 12.7 Å². The van der Waals surface area contributed by atoms with Gasteiger partial charge in [-0.25, -0.2) is 0 Å². The Morgan fingerprint density at radius 2 is 2.19 bits per heavy atom. The molecule has 16 heavy (non-hydrogen) atoms. The van der Waals surface area contributed by atoms with Gasteiger partial charge < -0.3 is 4.74 Å². The van der Waals surface area contributed by atoms with Crippen LogP contribution in [0.5, 0.6) is 5.75 Å². The van der Waals surface area contributed by atoms with Crippen molar-refractivity contribution in [1.82, 2.24) is 0 Å². The van der Waals surface area contributed by atoms with E-state index in [4.69, 9.17) is 16.3 Å². The van der Waals surface area contributed by atoms with E-state index in [1.807, 2.05) is 18.2 Å². The van der Waals surface area contributed by atoms with Crippen molar-refractivity contribution in [3.63, 3.8) is 0 Å². The van der Waals surface area contributed by atoms with Crippen molar-refractivity contribution >= 4 is 17.4 Å². The summed E-state index contributed by atoms with van der Waals surface area (Å²) >= 11 is 5.58. The van der Waals surface area contributed by atoms with Crippen LogP contribution in [0.4, 0.5) is 0 Å². The Morgan fingerprint density at radius 3 is 2.75 bits per heavy atom. The highest BCUT2D eigenvalue weighted by atomic mass is 35.5. The molecule has 0 amide bonds. The highest BCUT2D eigenvalue weighted by Gasteiger charge is 2.12. The lowest BCUT2D eigenvalue weighted by Gasteiger charge is -2.09. The van der Waals surface area contributed by atoms with Crippen molar-refractivity contribution in [3.05, 3.63) is 29.3 Å². The van der Waals surface area contributed by atoms with Crippen LogP contribution in [-0.4, -0.2) is 18.8 Å². The van der Waals surface area contributed by atoms with Crippen LogP contribution in [-0.2, 0) is 6.42 Å². The smallest absolute Gasteiger partial charge is 0.166 e. The van der Waals surface area contributed by atoms with Crippen molar-refractivity contribution < 1.29 is 9.53 Å². The number of methoxy groups -OCH3 is 1. The maximum Gasteiger partial charge on any atom is 0.166 e. The van der Waals surface area contributed by atoms with Crippen molar-refractivity contribution in [2.24, 2.45) is 0 Å². The SMILES string of the molecule is CCc1ccc(OC)c(C(=O)CCCCl)c1. The van der Waals surface area contributed by atoms with E-state index in [2.05, 4.69) is 6.92 Å².